The molecule has 0 bridgehead atoms. The van der Waals surface area contributed by atoms with Gasteiger partial charge in [0.25, 0.3) is 0 Å². The van der Waals surface area contributed by atoms with Gasteiger partial charge in [-0.2, -0.15) is 4.98 Å². The molecule has 0 aliphatic heterocycles. The highest BCUT2D eigenvalue weighted by Crippen LogP contribution is 2.43. The third-order valence-electron chi connectivity index (χ3n) is 8.85. The molecule has 5 heteroatoms. The first-order chi connectivity index (χ1) is 22.3. The molecule has 6 aromatic carbocycles. The van der Waals surface area contributed by atoms with Gasteiger partial charge in [0, 0.05) is 48.4 Å². The quantitative estimate of drug-likeness (QED) is 0.205. The van der Waals surface area contributed by atoms with E-state index in [2.05, 4.69) is 95.6 Å². The van der Waals surface area contributed by atoms with Crippen molar-refractivity contribution in [3.05, 3.63) is 140 Å². The second-order valence-electron chi connectivity index (χ2n) is 11.4. The maximum absolute atomic E-state index is 6.27. The second kappa shape index (κ2) is 9.36. The van der Waals surface area contributed by atoms with E-state index in [1.165, 1.54) is 42.0 Å². The molecule has 0 radical (unpaired) electrons. The zero-order chi connectivity index (χ0) is 29.5. The minimum Gasteiger partial charge on any atom is -0.438 e. The summed E-state index contributed by atoms with van der Waals surface area (Å²) in [5.74, 6) is 0.649. The molecule has 4 aromatic heterocycles. The predicted molar refractivity (Wildman–Crippen MR) is 187 cm³/mol. The molecule has 0 aliphatic carbocycles. The van der Waals surface area contributed by atoms with Gasteiger partial charge in [0.15, 0.2) is 5.82 Å². The summed E-state index contributed by atoms with van der Waals surface area (Å²) in [6.45, 7) is 0. The van der Waals surface area contributed by atoms with Crippen LogP contribution in [0, 0.1) is 0 Å². The van der Waals surface area contributed by atoms with E-state index in [1.54, 1.807) is 0 Å². The summed E-state index contributed by atoms with van der Waals surface area (Å²) in [5, 5.41) is 7.07. The van der Waals surface area contributed by atoms with Crippen LogP contribution in [0.2, 0.25) is 0 Å². The van der Waals surface area contributed by atoms with E-state index in [0.29, 0.717) is 11.5 Å². The lowest BCUT2D eigenvalue weighted by Gasteiger charge is -2.11. The number of fused-ring (bicyclic) bond motifs is 10. The van der Waals surface area contributed by atoms with Crippen molar-refractivity contribution in [3.8, 4) is 28.3 Å². The van der Waals surface area contributed by atoms with Crippen molar-refractivity contribution >= 4 is 75.4 Å². The van der Waals surface area contributed by atoms with Gasteiger partial charge in [0.1, 0.15) is 5.58 Å². The summed E-state index contributed by atoms with van der Waals surface area (Å²) >= 11 is 1.87. The highest BCUT2D eigenvalue weighted by atomic mass is 32.1. The molecule has 0 unspecified atom stereocenters. The van der Waals surface area contributed by atoms with E-state index < -0.39 is 0 Å². The average molecular weight is 594 g/mol. The lowest BCUT2D eigenvalue weighted by Crippen LogP contribution is -1.96. The molecule has 10 rings (SSSR count). The van der Waals surface area contributed by atoms with Crippen molar-refractivity contribution in [3.63, 3.8) is 0 Å². The van der Waals surface area contributed by atoms with Crippen LogP contribution in [0.4, 0.5) is 0 Å². The van der Waals surface area contributed by atoms with Crippen molar-refractivity contribution in [1.29, 1.82) is 0 Å². The highest BCUT2D eigenvalue weighted by Gasteiger charge is 2.20. The van der Waals surface area contributed by atoms with Crippen LogP contribution in [0.15, 0.2) is 144 Å². The van der Waals surface area contributed by atoms with Gasteiger partial charge in [-0.15, -0.1) is 11.3 Å². The number of hydrogen-bond donors (Lipinski definition) is 0. The number of rotatable bonds is 3. The Balaban J connectivity index is 1.22. The Morgan fingerprint density at radius 1 is 0.533 bits per heavy atom. The second-order valence-corrected chi connectivity index (χ2v) is 12.4. The van der Waals surface area contributed by atoms with E-state index in [9.17, 15) is 0 Å². The number of nitrogens with zero attached hydrogens (tertiary/aromatic N) is 3. The monoisotopic (exact) mass is 593 g/mol. The lowest BCUT2D eigenvalue weighted by molar-refractivity contribution is 0.653. The molecular formula is C40H23N3OS. The fourth-order valence-corrected chi connectivity index (χ4v) is 8.06. The molecule has 4 nitrogen and oxygen atoms in total. The fraction of sp³-hybridized carbons (Fsp3) is 0. The van der Waals surface area contributed by atoms with E-state index in [4.69, 9.17) is 14.4 Å². The van der Waals surface area contributed by atoms with E-state index in [0.717, 1.165) is 38.9 Å². The number of furan rings is 1. The number of aromatic nitrogens is 3. The fourth-order valence-electron chi connectivity index (χ4n) is 6.82. The van der Waals surface area contributed by atoms with Gasteiger partial charge in [0.05, 0.1) is 26.8 Å². The average Bonchev–Trinajstić information content (AvgIpc) is 3.78. The first kappa shape index (κ1) is 24.6. The minimum absolute atomic E-state index is 0.596. The van der Waals surface area contributed by atoms with Crippen LogP contribution in [0.1, 0.15) is 0 Å². The van der Waals surface area contributed by atoms with Gasteiger partial charge >= 0.3 is 0 Å². The zero-order valence-corrected chi connectivity index (χ0v) is 24.8. The SMILES string of the molecule is c1ccc(-c2nc(-c3ccc(-n4c5ccccc5c5ccc6c7ccccc7sc6c54)cc3)c3c(n2)oc2ccccc23)cc1. The largest absolute Gasteiger partial charge is 0.438 e. The van der Waals surface area contributed by atoms with Crippen molar-refractivity contribution in [2.75, 3.05) is 0 Å². The Hall–Kier alpha value is -5.78. The van der Waals surface area contributed by atoms with Crippen molar-refractivity contribution < 1.29 is 4.42 Å². The molecule has 210 valence electrons. The van der Waals surface area contributed by atoms with Gasteiger partial charge < -0.3 is 8.98 Å². The Morgan fingerprint density at radius 3 is 2.11 bits per heavy atom. The molecule has 0 N–H and O–H groups in total. The number of thiophene rings is 1. The standard InChI is InChI=1S/C40H23N3OS/c1-2-10-25(11-3-1)39-41-36(35-31-14-5-8-16-33(31)44-40(35)42-39)24-18-20-26(21-19-24)43-32-15-7-4-12-27(32)29-22-23-30-28-13-6-9-17-34(28)45-38(30)37(29)43/h1-23H. The molecule has 0 spiro atoms. The molecule has 0 saturated heterocycles. The van der Waals surface area contributed by atoms with Crippen LogP contribution in [0.3, 0.4) is 0 Å². The van der Waals surface area contributed by atoms with Crippen LogP contribution in [-0.4, -0.2) is 14.5 Å². The normalized spacial score (nSPS) is 12.0. The molecule has 0 fully saturated rings. The third kappa shape index (κ3) is 3.59. The van der Waals surface area contributed by atoms with Crippen LogP contribution in [0.5, 0.6) is 0 Å². The van der Waals surface area contributed by atoms with Crippen molar-refractivity contribution in [2.24, 2.45) is 0 Å². The summed E-state index contributed by atoms with van der Waals surface area (Å²) in [5.41, 5.74) is 7.80. The van der Waals surface area contributed by atoms with Crippen LogP contribution in [0.25, 0.3) is 92.4 Å². The molecule has 45 heavy (non-hydrogen) atoms. The molecule has 10 aromatic rings. The zero-order valence-electron chi connectivity index (χ0n) is 23.9. The smallest absolute Gasteiger partial charge is 0.231 e. The minimum atomic E-state index is 0.596. The van der Waals surface area contributed by atoms with E-state index in [-0.39, 0.29) is 0 Å². The summed E-state index contributed by atoms with van der Waals surface area (Å²) in [4.78, 5) is 10.0. The number of hydrogen-bond acceptors (Lipinski definition) is 4. The van der Waals surface area contributed by atoms with Gasteiger partial charge in [0.2, 0.25) is 5.71 Å². The van der Waals surface area contributed by atoms with Gasteiger partial charge in [-0.3, -0.25) is 0 Å². The number of benzene rings is 6. The highest BCUT2D eigenvalue weighted by molar-refractivity contribution is 7.26. The Bertz CT molecular complexity index is 2750. The topological polar surface area (TPSA) is 43.9 Å². The molecule has 0 atom stereocenters. The summed E-state index contributed by atoms with van der Waals surface area (Å²) < 4.78 is 11.3. The van der Waals surface area contributed by atoms with Crippen LogP contribution < -0.4 is 0 Å². The van der Waals surface area contributed by atoms with Gasteiger partial charge in [-0.25, -0.2) is 4.98 Å². The Kier molecular flexibility index (Phi) is 5.12. The Labute approximate surface area is 261 Å². The van der Waals surface area contributed by atoms with E-state index >= 15 is 0 Å². The van der Waals surface area contributed by atoms with Gasteiger partial charge in [-0.05, 0) is 30.3 Å². The molecule has 0 aliphatic rings. The van der Waals surface area contributed by atoms with Crippen LogP contribution in [-0.2, 0) is 0 Å². The molecule has 0 amide bonds. The predicted octanol–water partition coefficient (Wildman–Crippen LogP) is 11.2. The van der Waals surface area contributed by atoms with E-state index in [1.807, 2.05) is 59.9 Å². The van der Waals surface area contributed by atoms with Crippen LogP contribution >= 0.6 is 11.3 Å². The molecule has 0 saturated carbocycles. The summed E-state index contributed by atoms with van der Waals surface area (Å²) in [6.07, 6.45) is 0. The first-order valence-corrected chi connectivity index (χ1v) is 15.8. The van der Waals surface area contributed by atoms with Gasteiger partial charge in [-0.1, -0.05) is 109 Å². The summed E-state index contributed by atoms with van der Waals surface area (Å²) in [7, 11) is 0. The van der Waals surface area contributed by atoms with Crippen molar-refractivity contribution in [2.45, 2.75) is 0 Å². The Morgan fingerprint density at radius 2 is 1.24 bits per heavy atom. The third-order valence-corrected chi connectivity index (χ3v) is 10.0. The first-order valence-electron chi connectivity index (χ1n) is 15.0. The van der Waals surface area contributed by atoms with Crippen molar-refractivity contribution in [1.82, 2.24) is 14.5 Å². The summed E-state index contributed by atoms with van der Waals surface area (Å²) in [6, 6.07) is 49.0. The number of para-hydroxylation sites is 2. The lowest BCUT2D eigenvalue weighted by atomic mass is 10.0. The molecular weight excluding hydrogens is 571 g/mol. The maximum Gasteiger partial charge on any atom is 0.231 e. The molecule has 4 heterocycles. The maximum atomic E-state index is 6.27.